The van der Waals surface area contributed by atoms with Gasteiger partial charge in [0.25, 0.3) is 5.91 Å². The van der Waals surface area contributed by atoms with Crippen LogP contribution in [0.3, 0.4) is 0 Å². The fourth-order valence-electron chi connectivity index (χ4n) is 9.89. The Morgan fingerprint density at radius 3 is 2.51 bits per heavy atom. The number of carbonyl (C=O) groups excluding carboxylic acids is 4. The number of sulfonamides is 1. The van der Waals surface area contributed by atoms with Crippen LogP contribution in [-0.2, 0) is 42.0 Å². The molecule has 3 saturated carbocycles. The topological polar surface area (TPSA) is 182 Å². The molecule has 0 unspecified atom stereocenters. The fourth-order valence-corrected chi connectivity index (χ4v) is 11.2. The number of aromatic nitrogens is 1. The number of pyridine rings is 1. The minimum atomic E-state index is -4.00. The number of nitrogens with one attached hydrogen (secondary N) is 3. The zero-order valence-electron chi connectivity index (χ0n) is 35.0. The van der Waals surface area contributed by atoms with Gasteiger partial charge >= 0.3 is 6.09 Å². The van der Waals surface area contributed by atoms with E-state index in [1.54, 1.807) is 14.0 Å². The van der Waals surface area contributed by atoms with Crippen molar-refractivity contribution < 1.29 is 41.8 Å². The summed E-state index contributed by atoms with van der Waals surface area (Å²) in [6.45, 7) is 11.0. The SMILES string of the molecule is C=C[C@@H]1C[C@]1(NC(=O)[C@@H]1C[C@]23CCc4c(c(nc5ccc(OC)cc45)CCCCC[C@@H]4CCC[C@H]4OC(=O)N[C@@H](C(C)(C)C)C(=O)N1C2)O3)C(=O)NS(=O)(=O)C1(C)CC1. The van der Waals surface area contributed by atoms with Gasteiger partial charge in [0, 0.05) is 23.3 Å². The van der Waals surface area contributed by atoms with Crippen molar-refractivity contribution in [3.8, 4) is 11.5 Å². The van der Waals surface area contributed by atoms with Crippen LogP contribution in [-0.4, -0.2) is 89.8 Å². The van der Waals surface area contributed by atoms with Gasteiger partial charge in [-0.2, -0.15) is 0 Å². The summed E-state index contributed by atoms with van der Waals surface area (Å²) < 4.78 is 46.3. The highest BCUT2D eigenvalue weighted by Crippen LogP contribution is 2.49. The second-order valence-corrected chi connectivity index (χ2v) is 21.5. The summed E-state index contributed by atoms with van der Waals surface area (Å²) in [5.41, 5.74) is -0.686. The van der Waals surface area contributed by atoms with Gasteiger partial charge in [-0.1, -0.05) is 39.7 Å². The first kappa shape index (κ1) is 41.3. The Labute approximate surface area is 347 Å². The van der Waals surface area contributed by atoms with Gasteiger partial charge in [0.15, 0.2) is 0 Å². The predicted molar refractivity (Wildman–Crippen MR) is 220 cm³/mol. The number of benzene rings is 1. The first-order chi connectivity index (χ1) is 27.9. The Balaban J connectivity index is 1.17. The van der Waals surface area contributed by atoms with Crippen LogP contribution in [0.2, 0.25) is 0 Å². The van der Waals surface area contributed by atoms with E-state index in [1.807, 2.05) is 39.0 Å². The fraction of sp³-hybridized carbons (Fsp3) is 0.659. The van der Waals surface area contributed by atoms with E-state index < -0.39 is 73.1 Å². The van der Waals surface area contributed by atoms with E-state index in [-0.39, 0.29) is 31.4 Å². The van der Waals surface area contributed by atoms with Crippen LogP contribution in [0.1, 0.15) is 116 Å². The number of nitrogens with zero attached hydrogens (tertiary/aromatic N) is 2. The number of rotatable bonds is 7. The van der Waals surface area contributed by atoms with Crippen LogP contribution in [0.25, 0.3) is 10.9 Å². The molecule has 1 aromatic heterocycles. The lowest BCUT2D eigenvalue weighted by Crippen LogP contribution is -2.60. The number of methoxy groups -OCH3 is 1. The molecule has 8 rings (SSSR count). The van der Waals surface area contributed by atoms with E-state index in [0.29, 0.717) is 43.6 Å². The van der Waals surface area contributed by atoms with Crippen molar-refractivity contribution in [2.24, 2.45) is 17.3 Å². The zero-order chi connectivity index (χ0) is 42.1. The molecule has 3 aliphatic carbocycles. The molecule has 1 aromatic carbocycles. The number of hydrogen-bond acceptors (Lipinski definition) is 10. The van der Waals surface area contributed by atoms with E-state index >= 15 is 4.79 Å². The van der Waals surface area contributed by atoms with Crippen molar-refractivity contribution >= 4 is 44.7 Å². The Kier molecular flexibility index (Phi) is 10.5. The quantitative estimate of drug-likeness (QED) is 0.306. The molecule has 3 aliphatic heterocycles. The minimum Gasteiger partial charge on any atom is -0.497 e. The molecule has 3 bridgehead atoms. The maximum Gasteiger partial charge on any atom is 0.408 e. The van der Waals surface area contributed by atoms with Gasteiger partial charge in [-0.05, 0) is 107 Å². The van der Waals surface area contributed by atoms with Gasteiger partial charge < -0.3 is 29.7 Å². The molecule has 14 nitrogen and oxygen atoms in total. The van der Waals surface area contributed by atoms with Crippen molar-refractivity contribution in [1.82, 2.24) is 25.2 Å². The van der Waals surface area contributed by atoms with Crippen molar-refractivity contribution in [2.45, 2.75) is 152 Å². The number of aryl methyl sites for hydroxylation is 2. The molecule has 1 saturated heterocycles. The van der Waals surface area contributed by atoms with Crippen molar-refractivity contribution in [1.29, 1.82) is 0 Å². The lowest BCUT2D eigenvalue weighted by Gasteiger charge is -2.38. The Hall–Kier alpha value is -4.40. The van der Waals surface area contributed by atoms with Gasteiger partial charge in [-0.15, -0.1) is 6.58 Å². The first-order valence-corrected chi connectivity index (χ1v) is 22.9. The monoisotopic (exact) mass is 833 g/mol. The van der Waals surface area contributed by atoms with Crippen LogP contribution in [0.4, 0.5) is 4.79 Å². The summed E-state index contributed by atoms with van der Waals surface area (Å²) >= 11 is 0. The summed E-state index contributed by atoms with van der Waals surface area (Å²) in [6.07, 6.45) is 9.93. The molecule has 0 radical (unpaired) electrons. The third-order valence-electron chi connectivity index (χ3n) is 14.0. The number of ether oxygens (including phenoxy) is 3. The minimum absolute atomic E-state index is 0.0315. The number of amides is 4. The normalized spacial score (nSPS) is 31.7. The van der Waals surface area contributed by atoms with E-state index in [0.717, 1.165) is 67.1 Å². The molecule has 59 heavy (non-hydrogen) atoms. The maximum atomic E-state index is 15.1. The molecular formula is C44H59N5O9S. The predicted octanol–water partition coefficient (Wildman–Crippen LogP) is 5.39. The largest absolute Gasteiger partial charge is 0.497 e. The highest BCUT2D eigenvalue weighted by molar-refractivity contribution is 7.91. The molecule has 4 amide bonds. The third kappa shape index (κ3) is 7.65. The first-order valence-electron chi connectivity index (χ1n) is 21.4. The molecular weight excluding hydrogens is 775 g/mol. The third-order valence-corrected chi connectivity index (χ3v) is 16.2. The Morgan fingerprint density at radius 1 is 1.05 bits per heavy atom. The lowest BCUT2D eigenvalue weighted by atomic mass is 9.85. The molecule has 7 atom stereocenters. The second kappa shape index (κ2) is 14.9. The van der Waals surface area contributed by atoms with Crippen LogP contribution in [0.5, 0.6) is 11.5 Å². The van der Waals surface area contributed by atoms with Gasteiger partial charge in [0.05, 0.1) is 29.6 Å². The molecule has 6 aliphatic rings. The molecule has 4 heterocycles. The van der Waals surface area contributed by atoms with E-state index in [1.165, 1.54) is 11.0 Å². The van der Waals surface area contributed by atoms with E-state index in [2.05, 4.69) is 21.9 Å². The van der Waals surface area contributed by atoms with Crippen molar-refractivity contribution in [3.05, 3.63) is 42.1 Å². The van der Waals surface area contributed by atoms with Crippen LogP contribution < -0.4 is 24.8 Å². The van der Waals surface area contributed by atoms with E-state index in [4.69, 9.17) is 19.2 Å². The van der Waals surface area contributed by atoms with Gasteiger partial charge in [0.2, 0.25) is 21.8 Å². The highest BCUT2D eigenvalue weighted by Gasteiger charge is 2.64. The van der Waals surface area contributed by atoms with Gasteiger partial charge in [-0.25, -0.2) is 18.2 Å². The average molecular weight is 834 g/mol. The van der Waals surface area contributed by atoms with Gasteiger partial charge in [0.1, 0.15) is 40.8 Å². The van der Waals surface area contributed by atoms with Gasteiger partial charge in [-0.3, -0.25) is 19.1 Å². The second-order valence-electron chi connectivity index (χ2n) is 19.3. The molecule has 1 spiro atoms. The summed E-state index contributed by atoms with van der Waals surface area (Å²) in [5, 5.41) is 6.74. The molecule has 320 valence electrons. The number of hydrogen-bond donors (Lipinski definition) is 3. The lowest BCUT2D eigenvalue weighted by molar-refractivity contribution is -0.143. The molecule has 2 aromatic rings. The summed E-state index contributed by atoms with van der Waals surface area (Å²) in [6, 6.07) is 3.64. The number of alkyl carbamates (subject to hydrolysis) is 1. The Bertz CT molecular complexity index is 2180. The summed E-state index contributed by atoms with van der Waals surface area (Å²) in [5.74, 6) is -0.847. The maximum absolute atomic E-state index is 15.1. The standard InChI is InChI=1S/C44H59N5O9S/c1-7-27-23-44(27,39(52)48-59(54,55)42(5)20-21-42)47-37(50)33-24-43-19-18-29-30-22-28(56-6)16-17-31(30)45-32(35(29)58-43)14-10-8-9-12-26-13-11-15-34(26)57-40(53)46-36(41(2,3)4)38(51)49(33)25-43/h7,16-17,22,26-27,33-34,36H,1,8-15,18-21,23-25H2,2-6H3,(H,46,53)(H,47,50)(H,48,52)/t26-,27-,33+,34-,36-,43-,44-/m1/s1. The number of carbonyl (C=O) groups is 4. The molecule has 3 N–H and O–H groups in total. The van der Waals surface area contributed by atoms with Crippen molar-refractivity contribution in [2.75, 3.05) is 13.7 Å². The van der Waals surface area contributed by atoms with E-state index in [9.17, 15) is 22.8 Å². The summed E-state index contributed by atoms with van der Waals surface area (Å²) in [4.78, 5) is 64.0. The number of fused-ring (bicyclic) bond motifs is 4. The summed E-state index contributed by atoms with van der Waals surface area (Å²) in [7, 11) is -2.38. The van der Waals surface area contributed by atoms with Crippen LogP contribution in [0.15, 0.2) is 30.9 Å². The zero-order valence-corrected chi connectivity index (χ0v) is 35.8. The highest BCUT2D eigenvalue weighted by atomic mass is 32.2. The smallest absolute Gasteiger partial charge is 0.408 e. The van der Waals surface area contributed by atoms with Crippen molar-refractivity contribution in [3.63, 3.8) is 0 Å². The van der Waals surface area contributed by atoms with Crippen LogP contribution >= 0.6 is 0 Å². The molecule has 4 fully saturated rings. The average Bonchev–Trinajstić information content (AvgIpc) is 4.02. The molecule has 15 heteroatoms. The van der Waals surface area contributed by atoms with Crippen LogP contribution in [0, 0.1) is 17.3 Å². The Morgan fingerprint density at radius 2 is 1.81 bits per heavy atom.